The van der Waals surface area contributed by atoms with Crippen molar-refractivity contribution >= 4 is 11.9 Å². The molecule has 0 bridgehead atoms. The van der Waals surface area contributed by atoms with E-state index in [2.05, 4.69) is 5.16 Å². The molecule has 1 atom stereocenters. The maximum absolute atomic E-state index is 12.3. The standard InChI is InChI=1S/C14H21N3O4/c1-3-12(14(19)20)16-5-4-6-17(8-7-16)13(18)11-9-10(2)21-15-11/h9,12H,3-8H2,1-2H3,(H,19,20). The predicted molar refractivity (Wildman–Crippen MR) is 75.0 cm³/mol. The van der Waals surface area contributed by atoms with Crippen LogP contribution in [-0.4, -0.2) is 64.2 Å². The Morgan fingerprint density at radius 1 is 1.38 bits per heavy atom. The Balaban J connectivity index is 2.00. The average Bonchev–Trinajstić information content (AvgIpc) is 2.73. The molecule has 1 aliphatic rings. The summed E-state index contributed by atoms with van der Waals surface area (Å²) >= 11 is 0. The molecule has 0 spiro atoms. The number of hydrogen-bond acceptors (Lipinski definition) is 5. The SMILES string of the molecule is CCC(C(=O)O)N1CCCN(C(=O)c2cc(C)on2)CC1. The van der Waals surface area contributed by atoms with Crippen LogP contribution in [0.5, 0.6) is 0 Å². The number of aliphatic carboxylic acids is 1. The molecule has 1 aromatic heterocycles. The lowest BCUT2D eigenvalue weighted by Crippen LogP contribution is -2.43. The minimum atomic E-state index is -0.801. The number of carbonyl (C=O) groups excluding carboxylic acids is 1. The number of rotatable bonds is 4. The fraction of sp³-hybridized carbons (Fsp3) is 0.643. The zero-order chi connectivity index (χ0) is 15.4. The maximum Gasteiger partial charge on any atom is 0.320 e. The number of carboxylic acid groups (broad SMARTS) is 1. The van der Waals surface area contributed by atoms with Crippen molar-refractivity contribution < 1.29 is 19.2 Å². The summed E-state index contributed by atoms with van der Waals surface area (Å²) < 4.78 is 4.93. The second-order valence-corrected chi connectivity index (χ2v) is 5.27. The smallest absolute Gasteiger partial charge is 0.320 e. The van der Waals surface area contributed by atoms with Crippen LogP contribution in [0.25, 0.3) is 0 Å². The fourth-order valence-electron chi connectivity index (χ4n) is 2.67. The van der Waals surface area contributed by atoms with Gasteiger partial charge in [0.25, 0.3) is 5.91 Å². The number of carbonyl (C=O) groups is 2. The van der Waals surface area contributed by atoms with Crippen LogP contribution >= 0.6 is 0 Å². The molecule has 116 valence electrons. The van der Waals surface area contributed by atoms with Crippen molar-refractivity contribution in [2.75, 3.05) is 26.2 Å². The van der Waals surface area contributed by atoms with Crippen LogP contribution in [0.1, 0.15) is 36.0 Å². The van der Waals surface area contributed by atoms with Gasteiger partial charge in [0.05, 0.1) is 0 Å². The summed E-state index contributed by atoms with van der Waals surface area (Å²) in [4.78, 5) is 27.2. The van der Waals surface area contributed by atoms with E-state index in [1.165, 1.54) is 0 Å². The summed E-state index contributed by atoms with van der Waals surface area (Å²) in [5, 5.41) is 13.0. The molecule has 21 heavy (non-hydrogen) atoms. The van der Waals surface area contributed by atoms with E-state index in [1.54, 1.807) is 17.9 Å². The molecule has 1 amide bonds. The third kappa shape index (κ3) is 3.60. The highest BCUT2D eigenvalue weighted by molar-refractivity contribution is 5.92. The Labute approximate surface area is 123 Å². The molecule has 7 heteroatoms. The summed E-state index contributed by atoms with van der Waals surface area (Å²) in [6.45, 7) is 5.98. The van der Waals surface area contributed by atoms with E-state index in [-0.39, 0.29) is 5.91 Å². The zero-order valence-corrected chi connectivity index (χ0v) is 12.4. The van der Waals surface area contributed by atoms with Gasteiger partial charge >= 0.3 is 5.97 Å². The first-order chi connectivity index (χ1) is 10.0. The van der Waals surface area contributed by atoms with Gasteiger partial charge in [-0.15, -0.1) is 0 Å². The van der Waals surface area contributed by atoms with Crippen LogP contribution in [-0.2, 0) is 4.79 Å². The second kappa shape index (κ2) is 6.71. The van der Waals surface area contributed by atoms with Crippen LogP contribution in [0.15, 0.2) is 10.6 Å². The first-order valence-electron chi connectivity index (χ1n) is 7.22. The molecule has 2 heterocycles. The lowest BCUT2D eigenvalue weighted by molar-refractivity contribution is -0.143. The van der Waals surface area contributed by atoms with Crippen LogP contribution in [0.4, 0.5) is 0 Å². The van der Waals surface area contributed by atoms with Crippen molar-refractivity contribution in [1.29, 1.82) is 0 Å². The Morgan fingerprint density at radius 3 is 2.71 bits per heavy atom. The van der Waals surface area contributed by atoms with Gasteiger partial charge in [0, 0.05) is 32.2 Å². The van der Waals surface area contributed by atoms with Crippen molar-refractivity contribution in [3.63, 3.8) is 0 Å². The highest BCUT2D eigenvalue weighted by Gasteiger charge is 2.28. The zero-order valence-electron chi connectivity index (χ0n) is 12.4. The molecule has 1 saturated heterocycles. The van der Waals surface area contributed by atoms with E-state index in [0.29, 0.717) is 44.1 Å². The van der Waals surface area contributed by atoms with Crippen molar-refractivity contribution in [2.45, 2.75) is 32.7 Å². The number of amides is 1. The monoisotopic (exact) mass is 295 g/mol. The number of nitrogens with zero attached hydrogens (tertiary/aromatic N) is 3. The lowest BCUT2D eigenvalue weighted by atomic mass is 10.2. The topological polar surface area (TPSA) is 86.9 Å². The van der Waals surface area contributed by atoms with Gasteiger partial charge in [0.2, 0.25) is 0 Å². The van der Waals surface area contributed by atoms with Gasteiger partial charge in [-0.05, 0) is 19.8 Å². The van der Waals surface area contributed by atoms with E-state index in [9.17, 15) is 14.7 Å². The van der Waals surface area contributed by atoms with E-state index in [4.69, 9.17) is 4.52 Å². The Morgan fingerprint density at radius 2 is 2.14 bits per heavy atom. The molecule has 1 fully saturated rings. The van der Waals surface area contributed by atoms with Gasteiger partial charge in [-0.25, -0.2) is 0 Å². The fourth-order valence-corrected chi connectivity index (χ4v) is 2.67. The van der Waals surface area contributed by atoms with Crippen LogP contribution < -0.4 is 0 Å². The molecule has 0 saturated carbocycles. The Bertz CT molecular complexity index is 514. The molecule has 1 aromatic rings. The van der Waals surface area contributed by atoms with Crippen LogP contribution in [0.3, 0.4) is 0 Å². The van der Waals surface area contributed by atoms with Crippen LogP contribution in [0.2, 0.25) is 0 Å². The number of carboxylic acids is 1. The number of aryl methyl sites for hydroxylation is 1. The van der Waals surface area contributed by atoms with E-state index < -0.39 is 12.0 Å². The highest BCUT2D eigenvalue weighted by Crippen LogP contribution is 2.13. The molecule has 0 aromatic carbocycles. The largest absolute Gasteiger partial charge is 0.480 e. The summed E-state index contributed by atoms with van der Waals surface area (Å²) in [5.41, 5.74) is 0.311. The number of aromatic nitrogens is 1. The quantitative estimate of drug-likeness (QED) is 0.891. The van der Waals surface area contributed by atoms with Crippen molar-refractivity contribution in [1.82, 2.24) is 15.0 Å². The minimum Gasteiger partial charge on any atom is -0.480 e. The van der Waals surface area contributed by atoms with Crippen LogP contribution in [0, 0.1) is 6.92 Å². The number of hydrogen-bond donors (Lipinski definition) is 1. The summed E-state index contributed by atoms with van der Waals surface area (Å²) in [5.74, 6) is -0.354. The minimum absolute atomic E-state index is 0.155. The molecular formula is C14H21N3O4. The van der Waals surface area contributed by atoms with Gasteiger partial charge in [-0.3, -0.25) is 14.5 Å². The van der Waals surface area contributed by atoms with Crippen molar-refractivity contribution in [3.05, 3.63) is 17.5 Å². The summed E-state index contributed by atoms with van der Waals surface area (Å²) in [7, 11) is 0. The van der Waals surface area contributed by atoms with Crippen molar-refractivity contribution in [3.8, 4) is 0 Å². The average molecular weight is 295 g/mol. The third-order valence-corrected chi connectivity index (χ3v) is 3.78. The molecule has 0 radical (unpaired) electrons. The van der Waals surface area contributed by atoms with E-state index in [1.807, 2.05) is 11.8 Å². The van der Waals surface area contributed by atoms with E-state index >= 15 is 0 Å². The summed E-state index contributed by atoms with van der Waals surface area (Å²) in [6, 6.07) is 1.14. The molecule has 0 aliphatic carbocycles. The highest BCUT2D eigenvalue weighted by atomic mass is 16.5. The molecule has 1 aliphatic heterocycles. The third-order valence-electron chi connectivity index (χ3n) is 3.78. The molecule has 1 unspecified atom stereocenters. The predicted octanol–water partition coefficient (Wildman–Crippen LogP) is 0.994. The van der Waals surface area contributed by atoms with Gasteiger partial charge < -0.3 is 14.5 Å². The summed E-state index contributed by atoms with van der Waals surface area (Å²) in [6.07, 6.45) is 1.32. The van der Waals surface area contributed by atoms with Gasteiger partial charge in [0.15, 0.2) is 5.69 Å². The molecule has 1 N–H and O–H groups in total. The molecule has 2 rings (SSSR count). The first-order valence-corrected chi connectivity index (χ1v) is 7.22. The molecule has 7 nitrogen and oxygen atoms in total. The lowest BCUT2D eigenvalue weighted by Gasteiger charge is -2.26. The van der Waals surface area contributed by atoms with Gasteiger partial charge in [0.1, 0.15) is 11.8 Å². The Kier molecular flexibility index (Phi) is 4.95. The molecular weight excluding hydrogens is 274 g/mol. The van der Waals surface area contributed by atoms with E-state index in [0.717, 1.165) is 6.42 Å². The Hall–Kier alpha value is -1.89. The van der Waals surface area contributed by atoms with Crippen molar-refractivity contribution in [2.24, 2.45) is 0 Å². The van der Waals surface area contributed by atoms with Gasteiger partial charge in [-0.1, -0.05) is 12.1 Å². The van der Waals surface area contributed by atoms with Gasteiger partial charge in [-0.2, -0.15) is 0 Å². The second-order valence-electron chi connectivity index (χ2n) is 5.27. The normalized spacial score (nSPS) is 18.3. The first kappa shape index (κ1) is 15.5. The maximum atomic E-state index is 12.3.